The van der Waals surface area contributed by atoms with Gasteiger partial charge in [0.1, 0.15) is 17.3 Å². The summed E-state index contributed by atoms with van der Waals surface area (Å²) in [6, 6.07) is 9.17. The maximum Gasteiger partial charge on any atom is 0.355 e. The zero-order valence-electron chi connectivity index (χ0n) is 25.5. The van der Waals surface area contributed by atoms with Crippen LogP contribution in [0, 0.1) is 23.0 Å². The summed E-state index contributed by atoms with van der Waals surface area (Å²) in [6.45, 7) is 8.70. The number of nitrogens with one attached hydrogen (secondary N) is 1. The van der Waals surface area contributed by atoms with E-state index in [2.05, 4.69) is 27.9 Å². The number of fused-ring (bicyclic) bond motifs is 5. The van der Waals surface area contributed by atoms with Crippen LogP contribution in [0.5, 0.6) is 0 Å². The SMILES string of the molecule is C=CC(=O)N1CCN(c2nc(=O)n3c4nc(c(F)cc24)-c2c(F)cccc2NCCCSc2ccnc(C(C)C)c2-3)C[C@@H]1CC#N. The van der Waals surface area contributed by atoms with E-state index < -0.39 is 23.4 Å². The number of nitriles is 1. The van der Waals surface area contributed by atoms with Crippen molar-refractivity contribution in [2.45, 2.75) is 43.5 Å². The lowest BCUT2D eigenvalue weighted by Gasteiger charge is -2.41. The van der Waals surface area contributed by atoms with Crippen LogP contribution >= 0.6 is 11.8 Å². The first-order chi connectivity index (χ1) is 22.2. The number of carbonyl (C=O) groups is 1. The topological polar surface area (TPSA) is 120 Å². The number of pyridine rings is 2. The molecule has 5 heterocycles. The predicted octanol–water partition coefficient (Wildman–Crippen LogP) is 5.27. The van der Waals surface area contributed by atoms with E-state index in [0.29, 0.717) is 35.8 Å². The quantitative estimate of drug-likeness (QED) is 0.297. The number of anilines is 2. The molecule has 2 bridgehead atoms. The molecule has 1 amide bonds. The van der Waals surface area contributed by atoms with Gasteiger partial charge in [0.25, 0.3) is 0 Å². The summed E-state index contributed by atoms with van der Waals surface area (Å²) in [6.07, 6.45) is 3.65. The molecule has 3 aromatic heterocycles. The molecule has 1 N–H and O–H groups in total. The average Bonchev–Trinajstić information content (AvgIpc) is 3.05. The Kier molecular flexibility index (Phi) is 8.73. The Hall–Kier alpha value is -4.83. The molecular formula is C33H32F2N8O2S. The van der Waals surface area contributed by atoms with Crippen LogP contribution in [0.3, 0.4) is 0 Å². The summed E-state index contributed by atoms with van der Waals surface area (Å²) >= 11 is 1.56. The second-order valence-corrected chi connectivity index (χ2v) is 12.6. The maximum atomic E-state index is 16.3. The highest BCUT2D eigenvalue weighted by molar-refractivity contribution is 7.99. The summed E-state index contributed by atoms with van der Waals surface area (Å²) in [4.78, 5) is 44.8. The number of aromatic nitrogens is 4. The Bertz CT molecular complexity index is 1960. The third-order valence-corrected chi connectivity index (χ3v) is 9.33. The summed E-state index contributed by atoms with van der Waals surface area (Å²) in [5, 5.41) is 13.0. The van der Waals surface area contributed by atoms with E-state index in [1.807, 2.05) is 19.9 Å². The molecular weight excluding hydrogens is 610 g/mol. The molecule has 1 aromatic carbocycles. The van der Waals surface area contributed by atoms with Crippen LogP contribution in [0.1, 0.15) is 38.3 Å². The first-order valence-corrected chi connectivity index (χ1v) is 16.0. The number of amides is 1. The van der Waals surface area contributed by atoms with E-state index in [0.717, 1.165) is 4.90 Å². The van der Waals surface area contributed by atoms with E-state index in [9.17, 15) is 14.9 Å². The molecule has 4 aromatic rings. The summed E-state index contributed by atoms with van der Waals surface area (Å²) in [5.74, 6) is -0.987. The van der Waals surface area contributed by atoms with Gasteiger partial charge in [-0.25, -0.2) is 23.1 Å². The predicted molar refractivity (Wildman–Crippen MR) is 174 cm³/mol. The van der Waals surface area contributed by atoms with E-state index in [-0.39, 0.29) is 66.0 Å². The molecule has 0 radical (unpaired) electrons. The Balaban J connectivity index is 1.66. The second kappa shape index (κ2) is 12.9. The molecule has 1 saturated heterocycles. The number of nitrogens with zero attached hydrogens (tertiary/aromatic N) is 7. The summed E-state index contributed by atoms with van der Waals surface area (Å²) in [5.41, 5.74) is 0.693. The largest absolute Gasteiger partial charge is 0.384 e. The molecule has 1 fully saturated rings. The van der Waals surface area contributed by atoms with Gasteiger partial charge in [0, 0.05) is 43.0 Å². The minimum Gasteiger partial charge on any atom is -0.384 e. The van der Waals surface area contributed by atoms with Crippen molar-refractivity contribution >= 4 is 40.2 Å². The zero-order valence-corrected chi connectivity index (χ0v) is 26.3. The third-order valence-electron chi connectivity index (χ3n) is 8.20. The Morgan fingerprint density at radius 1 is 1.24 bits per heavy atom. The molecule has 0 saturated carbocycles. The standard InChI is InChI=1S/C33H32F2N8O2S/c1-4-26(44)42-15-14-41(18-20(42)9-11-36)31-21-17-23(35)29-27-22(34)7-5-8-24(27)37-12-6-16-46-25-10-13-38-28(19(2)3)30(25)43(32(21)39-29)33(45)40-31/h4-5,7-8,10,13,17,19-20,37H,1,6,9,12,14-16,18H2,2-3H3/t20-/m0/s1. The van der Waals surface area contributed by atoms with Gasteiger partial charge in [-0.15, -0.1) is 11.8 Å². The van der Waals surface area contributed by atoms with Crippen LogP contribution in [-0.2, 0) is 4.79 Å². The lowest BCUT2D eigenvalue weighted by atomic mass is 10.0. The van der Waals surface area contributed by atoms with Crippen molar-refractivity contribution in [2.75, 3.05) is 42.1 Å². The smallest absolute Gasteiger partial charge is 0.355 e. The molecule has 0 aliphatic carbocycles. The van der Waals surface area contributed by atoms with Crippen LogP contribution in [0.4, 0.5) is 20.3 Å². The van der Waals surface area contributed by atoms with Gasteiger partial charge in [0.05, 0.1) is 40.9 Å². The van der Waals surface area contributed by atoms with Gasteiger partial charge in [-0.1, -0.05) is 26.5 Å². The molecule has 0 spiro atoms. The minimum atomic E-state index is -0.789. The van der Waals surface area contributed by atoms with Crippen molar-refractivity contribution in [3.05, 3.63) is 77.0 Å². The highest BCUT2D eigenvalue weighted by Crippen LogP contribution is 2.38. The Morgan fingerprint density at radius 2 is 2.07 bits per heavy atom. The van der Waals surface area contributed by atoms with Crippen molar-refractivity contribution in [2.24, 2.45) is 0 Å². The van der Waals surface area contributed by atoms with Gasteiger partial charge in [-0.3, -0.25) is 9.78 Å². The fraction of sp³-hybridized carbons (Fsp3) is 0.333. The van der Waals surface area contributed by atoms with Crippen molar-refractivity contribution in [1.29, 1.82) is 5.26 Å². The molecule has 2 aliphatic rings. The summed E-state index contributed by atoms with van der Waals surface area (Å²) < 4.78 is 33.1. The average molecular weight is 643 g/mol. The lowest BCUT2D eigenvalue weighted by Crippen LogP contribution is -2.55. The fourth-order valence-corrected chi connectivity index (χ4v) is 7.06. The number of hydrogen-bond donors (Lipinski definition) is 1. The number of halogens is 2. The molecule has 2 aliphatic heterocycles. The van der Waals surface area contributed by atoms with Crippen LogP contribution in [0.15, 0.2) is 58.9 Å². The molecule has 1 atom stereocenters. The molecule has 13 heteroatoms. The highest BCUT2D eigenvalue weighted by Gasteiger charge is 2.33. The van der Waals surface area contributed by atoms with Crippen LogP contribution < -0.4 is 15.9 Å². The van der Waals surface area contributed by atoms with Gasteiger partial charge < -0.3 is 15.1 Å². The monoisotopic (exact) mass is 642 g/mol. The number of piperazine rings is 1. The first-order valence-electron chi connectivity index (χ1n) is 15.1. The van der Waals surface area contributed by atoms with Gasteiger partial charge >= 0.3 is 5.69 Å². The number of carbonyl (C=O) groups excluding carboxylic acids is 1. The van der Waals surface area contributed by atoms with Crippen LogP contribution in [0.25, 0.3) is 28.0 Å². The number of rotatable bonds is 4. The van der Waals surface area contributed by atoms with Crippen molar-refractivity contribution in [1.82, 2.24) is 24.4 Å². The van der Waals surface area contributed by atoms with Crippen molar-refractivity contribution in [3.63, 3.8) is 0 Å². The molecule has 0 unspecified atom stereocenters. The second-order valence-electron chi connectivity index (χ2n) is 11.4. The first kappa shape index (κ1) is 31.2. The van der Waals surface area contributed by atoms with E-state index in [1.54, 1.807) is 39.9 Å². The van der Waals surface area contributed by atoms with E-state index in [1.165, 1.54) is 22.8 Å². The van der Waals surface area contributed by atoms with Gasteiger partial charge in [0.15, 0.2) is 11.5 Å². The normalized spacial score (nSPS) is 16.5. The Labute approximate surface area is 268 Å². The lowest BCUT2D eigenvalue weighted by molar-refractivity contribution is -0.128. The maximum absolute atomic E-state index is 16.3. The zero-order chi connectivity index (χ0) is 32.5. The van der Waals surface area contributed by atoms with Gasteiger partial charge in [-0.2, -0.15) is 10.2 Å². The Morgan fingerprint density at radius 3 is 2.83 bits per heavy atom. The number of benzene rings is 1. The van der Waals surface area contributed by atoms with Crippen LogP contribution in [-0.4, -0.2) is 68.3 Å². The molecule has 236 valence electrons. The fourth-order valence-electron chi connectivity index (χ4n) is 6.06. The van der Waals surface area contributed by atoms with E-state index in [4.69, 9.17) is 4.98 Å². The van der Waals surface area contributed by atoms with Crippen molar-refractivity contribution in [3.8, 4) is 23.0 Å². The van der Waals surface area contributed by atoms with Gasteiger partial charge in [0.2, 0.25) is 5.91 Å². The highest BCUT2D eigenvalue weighted by atomic mass is 32.2. The van der Waals surface area contributed by atoms with Crippen LogP contribution in [0.2, 0.25) is 0 Å². The van der Waals surface area contributed by atoms with E-state index >= 15 is 8.78 Å². The number of thioether (sulfide) groups is 1. The molecule has 6 rings (SSSR count). The summed E-state index contributed by atoms with van der Waals surface area (Å²) in [7, 11) is 0. The molecule has 46 heavy (non-hydrogen) atoms. The number of hydrogen-bond acceptors (Lipinski definition) is 9. The molecule has 10 nitrogen and oxygen atoms in total. The van der Waals surface area contributed by atoms with Crippen molar-refractivity contribution < 1.29 is 13.6 Å². The third kappa shape index (κ3) is 5.58. The minimum absolute atomic E-state index is 0.0349. The van der Waals surface area contributed by atoms with Gasteiger partial charge in [-0.05, 0) is 48.4 Å².